The molecule has 0 aromatic heterocycles. The van der Waals surface area contributed by atoms with Crippen LogP contribution in [0.2, 0.25) is 0 Å². The summed E-state index contributed by atoms with van der Waals surface area (Å²) in [5, 5.41) is 2.28. The topological polar surface area (TPSA) is 49.4 Å². The maximum atomic E-state index is 13.7. The molecular weight excluding hydrogens is 315 g/mol. The van der Waals surface area contributed by atoms with Gasteiger partial charge in [0.05, 0.1) is 6.54 Å². The highest BCUT2D eigenvalue weighted by atomic mass is 79.9. The number of rotatable bonds is 3. The van der Waals surface area contributed by atoms with Gasteiger partial charge in [0.1, 0.15) is 11.4 Å². The summed E-state index contributed by atoms with van der Waals surface area (Å²) in [5.41, 5.74) is -0.551. The number of nitrogens with one attached hydrogen (secondary N) is 1. The lowest BCUT2D eigenvalue weighted by molar-refractivity contribution is -0.126. The third-order valence-corrected chi connectivity index (χ3v) is 4.07. The molecule has 1 fully saturated rings. The van der Waals surface area contributed by atoms with Crippen molar-refractivity contribution in [1.82, 2.24) is 10.2 Å². The zero-order chi connectivity index (χ0) is 14.2. The molecule has 4 nitrogen and oxygen atoms in total. The molecule has 3 amide bonds. The van der Waals surface area contributed by atoms with Crippen LogP contribution < -0.4 is 5.32 Å². The van der Waals surface area contributed by atoms with Gasteiger partial charge in [-0.05, 0) is 31.5 Å². The van der Waals surface area contributed by atoms with E-state index in [0.717, 1.165) is 4.47 Å². The highest BCUT2D eigenvalue weighted by molar-refractivity contribution is 9.10. The summed E-state index contributed by atoms with van der Waals surface area (Å²) in [4.78, 5) is 25.0. The van der Waals surface area contributed by atoms with Crippen LogP contribution in [0.25, 0.3) is 0 Å². The molecule has 1 saturated heterocycles. The van der Waals surface area contributed by atoms with Crippen molar-refractivity contribution in [3.8, 4) is 0 Å². The Bertz CT molecular complexity index is 549. The van der Waals surface area contributed by atoms with Gasteiger partial charge in [-0.3, -0.25) is 10.1 Å². The Labute approximate surface area is 119 Å². The van der Waals surface area contributed by atoms with Crippen LogP contribution in [-0.4, -0.2) is 22.4 Å². The first-order valence-corrected chi connectivity index (χ1v) is 6.74. The molecule has 1 N–H and O–H groups in total. The Morgan fingerprint density at radius 3 is 2.74 bits per heavy atom. The van der Waals surface area contributed by atoms with Gasteiger partial charge >= 0.3 is 6.03 Å². The molecule has 1 aliphatic heterocycles. The first-order chi connectivity index (χ1) is 8.88. The van der Waals surface area contributed by atoms with Crippen LogP contribution in [0.5, 0.6) is 0 Å². The molecule has 1 heterocycles. The van der Waals surface area contributed by atoms with Crippen LogP contribution in [0.3, 0.4) is 0 Å². The molecule has 1 aromatic carbocycles. The monoisotopic (exact) mass is 328 g/mol. The zero-order valence-corrected chi connectivity index (χ0v) is 12.3. The fourth-order valence-corrected chi connectivity index (χ4v) is 2.49. The predicted octanol–water partition coefficient (Wildman–Crippen LogP) is 2.81. The largest absolute Gasteiger partial charge is 0.325 e. The summed E-state index contributed by atoms with van der Waals surface area (Å²) < 4.78 is 14.5. The van der Waals surface area contributed by atoms with Crippen LogP contribution in [-0.2, 0) is 11.3 Å². The second-order valence-corrected chi connectivity index (χ2v) is 5.62. The van der Waals surface area contributed by atoms with Crippen molar-refractivity contribution < 1.29 is 14.0 Å². The Morgan fingerprint density at radius 1 is 1.42 bits per heavy atom. The summed E-state index contributed by atoms with van der Waals surface area (Å²) in [6, 6.07) is 4.06. The van der Waals surface area contributed by atoms with E-state index in [1.54, 1.807) is 19.1 Å². The molecule has 0 saturated carbocycles. The maximum Gasteiger partial charge on any atom is 0.325 e. The van der Waals surface area contributed by atoms with Gasteiger partial charge in [-0.15, -0.1) is 0 Å². The first kappa shape index (κ1) is 14.0. The number of imide groups is 1. The van der Waals surface area contributed by atoms with E-state index in [-0.39, 0.29) is 12.5 Å². The fraction of sp³-hybridized carbons (Fsp3) is 0.385. The van der Waals surface area contributed by atoms with Crippen LogP contribution in [0.15, 0.2) is 22.7 Å². The zero-order valence-electron chi connectivity index (χ0n) is 10.7. The van der Waals surface area contributed by atoms with Gasteiger partial charge in [-0.1, -0.05) is 22.9 Å². The Kier molecular flexibility index (Phi) is 3.62. The molecule has 1 unspecified atom stereocenters. The SMILES string of the molecule is CCC1(C)C(=O)NC(=O)N1Cc1cc(Br)ccc1F. The molecule has 2 rings (SSSR count). The molecule has 102 valence electrons. The van der Waals surface area contributed by atoms with Gasteiger partial charge in [0.2, 0.25) is 0 Å². The lowest BCUT2D eigenvalue weighted by atomic mass is 9.97. The van der Waals surface area contributed by atoms with E-state index < -0.39 is 17.4 Å². The van der Waals surface area contributed by atoms with Crippen LogP contribution in [0.4, 0.5) is 9.18 Å². The smallest absolute Gasteiger partial charge is 0.306 e. The Balaban J connectivity index is 2.34. The van der Waals surface area contributed by atoms with E-state index in [0.29, 0.717) is 12.0 Å². The van der Waals surface area contributed by atoms with Gasteiger partial charge in [-0.25, -0.2) is 9.18 Å². The molecule has 1 aliphatic rings. The maximum absolute atomic E-state index is 13.7. The lowest BCUT2D eigenvalue weighted by Gasteiger charge is -2.30. The van der Waals surface area contributed by atoms with Crippen molar-refractivity contribution >= 4 is 27.9 Å². The third-order valence-electron chi connectivity index (χ3n) is 3.58. The number of carbonyl (C=O) groups excluding carboxylic acids is 2. The molecule has 0 radical (unpaired) electrons. The molecule has 1 aromatic rings. The number of hydrogen-bond acceptors (Lipinski definition) is 2. The van der Waals surface area contributed by atoms with E-state index in [4.69, 9.17) is 0 Å². The number of carbonyl (C=O) groups is 2. The quantitative estimate of drug-likeness (QED) is 0.867. The van der Waals surface area contributed by atoms with Crippen molar-refractivity contribution in [2.45, 2.75) is 32.4 Å². The highest BCUT2D eigenvalue weighted by Crippen LogP contribution is 2.28. The number of halogens is 2. The Morgan fingerprint density at radius 2 is 2.11 bits per heavy atom. The minimum atomic E-state index is -0.925. The number of nitrogens with zero attached hydrogens (tertiary/aromatic N) is 1. The summed E-state index contributed by atoms with van der Waals surface area (Å²) in [6.45, 7) is 3.57. The van der Waals surface area contributed by atoms with Gasteiger partial charge < -0.3 is 4.90 Å². The van der Waals surface area contributed by atoms with Gasteiger partial charge in [0.25, 0.3) is 5.91 Å². The van der Waals surface area contributed by atoms with Gasteiger partial charge in [-0.2, -0.15) is 0 Å². The summed E-state index contributed by atoms with van der Waals surface area (Å²) in [6.07, 6.45) is 0.472. The number of amides is 3. The van der Waals surface area contributed by atoms with Crippen molar-refractivity contribution in [3.63, 3.8) is 0 Å². The molecular formula is C13H14BrFN2O2. The fourth-order valence-electron chi connectivity index (χ4n) is 2.08. The van der Waals surface area contributed by atoms with Crippen molar-refractivity contribution in [2.24, 2.45) is 0 Å². The lowest BCUT2D eigenvalue weighted by Crippen LogP contribution is -2.46. The highest BCUT2D eigenvalue weighted by Gasteiger charge is 2.47. The van der Waals surface area contributed by atoms with E-state index in [1.807, 2.05) is 6.92 Å². The standard InChI is InChI=1S/C13H14BrFN2O2/c1-3-13(2)11(18)16-12(19)17(13)7-8-6-9(14)4-5-10(8)15/h4-6H,3,7H2,1-2H3,(H,16,18,19). The number of urea groups is 1. The van der Waals surface area contributed by atoms with Crippen LogP contribution in [0, 0.1) is 5.82 Å². The summed E-state index contributed by atoms with van der Waals surface area (Å²) in [5.74, 6) is -0.732. The normalized spacial score (nSPS) is 22.8. The molecule has 1 atom stereocenters. The van der Waals surface area contributed by atoms with E-state index in [1.165, 1.54) is 11.0 Å². The molecule has 0 spiro atoms. The average Bonchev–Trinajstić information content (AvgIpc) is 2.58. The second kappa shape index (κ2) is 4.92. The van der Waals surface area contributed by atoms with Gasteiger partial charge in [0, 0.05) is 10.0 Å². The average molecular weight is 329 g/mol. The van der Waals surface area contributed by atoms with E-state index >= 15 is 0 Å². The minimum absolute atomic E-state index is 0.0627. The first-order valence-electron chi connectivity index (χ1n) is 5.95. The van der Waals surface area contributed by atoms with Gasteiger partial charge in [0.15, 0.2) is 0 Å². The van der Waals surface area contributed by atoms with E-state index in [9.17, 15) is 14.0 Å². The Hall–Kier alpha value is -1.43. The second-order valence-electron chi connectivity index (χ2n) is 4.71. The summed E-state index contributed by atoms with van der Waals surface area (Å²) >= 11 is 3.27. The van der Waals surface area contributed by atoms with Crippen molar-refractivity contribution in [1.29, 1.82) is 0 Å². The van der Waals surface area contributed by atoms with Crippen molar-refractivity contribution in [2.75, 3.05) is 0 Å². The molecule has 0 aliphatic carbocycles. The summed E-state index contributed by atoms with van der Waals surface area (Å²) in [7, 11) is 0. The molecule has 0 bridgehead atoms. The van der Waals surface area contributed by atoms with E-state index in [2.05, 4.69) is 21.2 Å². The molecule has 6 heteroatoms. The number of benzene rings is 1. The van der Waals surface area contributed by atoms with Crippen LogP contribution >= 0.6 is 15.9 Å². The number of hydrogen-bond donors (Lipinski definition) is 1. The van der Waals surface area contributed by atoms with Crippen LogP contribution in [0.1, 0.15) is 25.8 Å². The third kappa shape index (κ3) is 2.36. The van der Waals surface area contributed by atoms with Crippen molar-refractivity contribution in [3.05, 3.63) is 34.1 Å². The minimum Gasteiger partial charge on any atom is -0.306 e. The predicted molar refractivity (Wildman–Crippen MR) is 71.9 cm³/mol. The molecule has 19 heavy (non-hydrogen) atoms.